The molecule has 1 N–H and O–H groups in total. The molecule has 28 heavy (non-hydrogen) atoms. The first-order chi connectivity index (χ1) is 12.9. The van der Waals surface area contributed by atoms with E-state index < -0.39 is 15.4 Å². The van der Waals surface area contributed by atoms with Crippen molar-refractivity contribution in [2.75, 3.05) is 0 Å². The van der Waals surface area contributed by atoms with E-state index >= 15 is 0 Å². The Morgan fingerprint density at radius 1 is 0.679 bits per heavy atom. The van der Waals surface area contributed by atoms with Crippen molar-refractivity contribution in [1.29, 1.82) is 0 Å². The van der Waals surface area contributed by atoms with Gasteiger partial charge in [-0.3, -0.25) is 0 Å². The molecule has 0 aliphatic rings. The van der Waals surface area contributed by atoms with Gasteiger partial charge < -0.3 is 9.66 Å². The zero-order chi connectivity index (χ0) is 20.4. The van der Waals surface area contributed by atoms with Gasteiger partial charge in [0.1, 0.15) is 0 Å². The molecule has 0 rings (SSSR count). The third-order valence-corrected chi connectivity index (χ3v) is 6.95. The molecule has 0 radical (unpaired) electrons. The van der Waals surface area contributed by atoms with Crippen molar-refractivity contribution in [1.82, 2.24) is 0 Å². The molecule has 4 nitrogen and oxygen atoms in total. The fourth-order valence-corrected chi connectivity index (χ4v) is 4.53. The molecule has 0 aromatic rings. The van der Waals surface area contributed by atoms with Crippen LogP contribution in [0.15, 0.2) is 0 Å². The molecule has 0 fully saturated rings. The first kappa shape index (κ1) is 31.1. The standard InChI is InChI=1S/C22H46O4S.Na/c1-3-5-15-18-21(23)19-16-13-11-9-7-6-8-10-12-14-17-20-22(4-2)27(24,25)26;/h21-23H,3-20H2,1-2H3,(H,24,25,26);/q;+1/p-1. The molecule has 0 aromatic carbocycles. The summed E-state index contributed by atoms with van der Waals surface area (Å²) in [5.41, 5.74) is 0. The van der Waals surface area contributed by atoms with Crippen LogP contribution >= 0.6 is 0 Å². The SMILES string of the molecule is CCCCCC(O)CCCCCCCCCCCCCC(CC)S(=O)(=O)[O-].[Na+]. The van der Waals surface area contributed by atoms with Crippen LogP contribution in [0.1, 0.15) is 129 Å². The molecule has 0 saturated carbocycles. The largest absolute Gasteiger partial charge is 1.00 e. The topological polar surface area (TPSA) is 77.4 Å². The van der Waals surface area contributed by atoms with E-state index in [9.17, 15) is 18.1 Å². The molecule has 0 heterocycles. The van der Waals surface area contributed by atoms with Crippen molar-refractivity contribution in [2.45, 2.75) is 141 Å². The molecule has 164 valence electrons. The molecule has 0 amide bonds. The second-order valence-electron chi connectivity index (χ2n) is 8.14. The van der Waals surface area contributed by atoms with E-state index in [-0.39, 0.29) is 35.7 Å². The van der Waals surface area contributed by atoms with Gasteiger partial charge in [-0.1, -0.05) is 104 Å². The zero-order valence-electron chi connectivity index (χ0n) is 19.0. The minimum Gasteiger partial charge on any atom is -0.748 e. The minimum absolute atomic E-state index is 0. The summed E-state index contributed by atoms with van der Waals surface area (Å²) in [4.78, 5) is 0. The first-order valence-corrected chi connectivity index (χ1v) is 13.0. The van der Waals surface area contributed by atoms with Crippen LogP contribution in [0.25, 0.3) is 0 Å². The molecule has 0 aliphatic carbocycles. The normalized spacial score (nSPS) is 13.9. The van der Waals surface area contributed by atoms with E-state index in [4.69, 9.17) is 0 Å². The summed E-state index contributed by atoms with van der Waals surface area (Å²) in [7, 11) is -4.10. The number of unbranched alkanes of at least 4 members (excludes halogenated alkanes) is 12. The van der Waals surface area contributed by atoms with Crippen molar-refractivity contribution < 1.29 is 47.6 Å². The Morgan fingerprint density at radius 3 is 1.39 bits per heavy atom. The summed E-state index contributed by atoms with van der Waals surface area (Å²) in [5.74, 6) is 0. The minimum atomic E-state index is -4.10. The molecule has 0 aromatic heterocycles. The number of aliphatic hydroxyl groups excluding tert-OH is 1. The molecular formula is C22H45NaO4S. The third kappa shape index (κ3) is 20.2. The zero-order valence-corrected chi connectivity index (χ0v) is 21.8. The molecule has 0 saturated heterocycles. The average Bonchev–Trinajstić information content (AvgIpc) is 2.61. The Labute approximate surface area is 197 Å². The van der Waals surface area contributed by atoms with Gasteiger partial charge in [-0.2, -0.15) is 0 Å². The van der Waals surface area contributed by atoms with Crippen LogP contribution in [0.5, 0.6) is 0 Å². The fraction of sp³-hybridized carbons (Fsp3) is 1.00. The predicted molar refractivity (Wildman–Crippen MR) is 114 cm³/mol. The predicted octanol–water partition coefficient (Wildman–Crippen LogP) is 3.33. The van der Waals surface area contributed by atoms with Crippen LogP contribution in [-0.4, -0.2) is 29.4 Å². The molecule has 0 aliphatic heterocycles. The molecule has 0 spiro atoms. The van der Waals surface area contributed by atoms with Crippen molar-refractivity contribution in [2.24, 2.45) is 0 Å². The fourth-order valence-electron chi connectivity index (χ4n) is 3.67. The number of aliphatic hydroxyl groups is 1. The van der Waals surface area contributed by atoms with Crippen LogP contribution in [0.2, 0.25) is 0 Å². The molecular weight excluding hydrogens is 383 g/mol. The van der Waals surface area contributed by atoms with E-state index in [0.717, 1.165) is 44.9 Å². The Balaban J connectivity index is 0. The van der Waals surface area contributed by atoms with E-state index in [1.54, 1.807) is 6.92 Å². The van der Waals surface area contributed by atoms with Crippen LogP contribution < -0.4 is 29.6 Å². The maximum absolute atomic E-state index is 11.0. The van der Waals surface area contributed by atoms with Crippen molar-refractivity contribution in [3.8, 4) is 0 Å². The van der Waals surface area contributed by atoms with Gasteiger partial charge in [-0.15, -0.1) is 0 Å². The van der Waals surface area contributed by atoms with E-state index in [2.05, 4.69) is 6.92 Å². The number of rotatable bonds is 20. The van der Waals surface area contributed by atoms with Crippen molar-refractivity contribution >= 4 is 10.1 Å². The molecule has 2 atom stereocenters. The maximum atomic E-state index is 11.0. The van der Waals surface area contributed by atoms with Crippen LogP contribution in [0.3, 0.4) is 0 Å². The molecule has 0 bridgehead atoms. The number of hydrogen-bond donors (Lipinski definition) is 1. The summed E-state index contributed by atoms with van der Waals surface area (Å²) < 4.78 is 33.0. The van der Waals surface area contributed by atoms with Gasteiger partial charge in [0.2, 0.25) is 0 Å². The van der Waals surface area contributed by atoms with Gasteiger partial charge in [-0.05, 0) is 25.7 Å². The molecule has 6 heteroatoms. The van der Waals surface area contributed by atoms with Gasteiger partial charge >= 0.3 is 29.6 Å². The summed E-state index contributed by atoms with van der Waals surface area (Å²) in [6.45, 7) is 3.97. The second kappa shape index (κ2) is 21.1. The Bertz CT molecular complexity index is 415. The Morgan fingerprint density at radius 2 is 1.04 bits per heavy atom. The van der Waals surface area contributed by atoms with E-state index in [1.807, 2.05) is 0 Å². The monoisotopic (exact) mass is 428 g/mol. The smallest absolute Gasteiger partial charge is 0.748 e. The number of hydrogen-bond acceptors (Lipinski definition) is 4. The molecule has 2 unspecified atom stereocenters. The van der Waals surface area contributed by atoms with Gasteiger partial charge in [0.25, 0.3) is 0 Å². The van der Waals surface area contributed by atoms with Gasteiger partial charge in [0.15, 0.2) is 0 Å². The van der Waals surface area contributed by atoms with Crippen LogP contribution in [0, 0.1) is 0 Å². The van der Waals surface area contributed by atoms with E-state index in [0.29, 0.717) is 12.8 Å². The second-order valence-corrected chi connectivity index (χ2v) is 9.79. The van der Waals surface area contributed by atoms with Crippen molar-refractivity contribution in [3.05, 3.63) is 0 Å². The Hall–Kier alpha value is 0.870. The summed E-state index contributed by atoms with van der Waals surface area (Å²) in [6, 6.07) is 0. The van der Waals surface area contributed by atoms with E-state index in [1.165, 1.54) is 57.8 Å². The maximum Gasteiger partial charge on any atom is 1.00 e. The van der Waals surface area contributed by atoms with Crippen LogP contribution in [0.4, 0.5) is 0 Å². The van der Waals surface area contributed by atoms with Gasteiger partial charge in [0, 0.05) is 5.25 Å². The van der Waals surface area contributed by atoms with Gasteiger partial charge in [-0.25, -0.2) is 8.42 Å². The van der Waals surface area contributed by atoms with Crippen LogP contribution in [-0.2, 0) is 10.1 Å². The van der Waals surface area contributed by atoms with Crippen molar-refractivity contribution in [3.63, 3.8) is 0 Å². The first-order valence-electron chi connectivity index (χ1n) is 11.5. The Kier molecular flexibility index (Phi) is 23.4. The quantitative estimate of drug-likeness (QED) is 0.183. The third-order valence-electron chi connectivity index (χ3n) is 5.57. The summed E-state index contributed by atoms with van der Waals surface area (Å²) in [5, 5.41) is 9.19. The van der Waals surface area contributed by atoms with Gasteiger partial charge in [0.05, 0.1) is 16.2 Å². The summed E-state index contributed by atoms with van der Waals surface area (Å²) in [6.07, 6.45) is 19.5. The summed E-state index contributed by atoms with van der Waals surface area (Å²) >= 11 is 0. The average molecular weight is 429 g/mol.